The van der Waals surface area contributed by atoms with Crippen LogP contribution in [-0.2, 0) is 4.79 Å². The number of nitrogens with one attached hydrogen (secondary N) is 1. The number of nitrogens with zero attached hydrogens (tertiary/aromatic N) is 1. The fourth-order valence-electron chi connectivity index (χ4n) is 2.00. The summed E-state index contributed by atoms with van der Waals surface area (Å²) < 4.78 is 5.21. The first-order chi connectivity index (χ1) is 10.1. The summed E-state index contributed by atoms with van der Waals surface area (Å²) in [6.07, 6.45) is 0. The van der Waals surface area contributed by atoms with Crippen LogP contribution in [0.3, 0.4) is 0 Å². The third kappa shape index (κ3) is 2.83. The maximum atomic E-state index is 10.7. The molecule has 106 valence electrons. The number of carbonyl (C=O) groups is 1. The molecule has 0 aliphatic rings. The number of halogens is 1. The Kier molecular flexibility index (Phi) is 3.50. The number of nitrogens with two attached hydrogens (primary N) is 1. The molecule has 0 bridgehead atoms. The SMILES string of the molecule is NC(=O)COc1ccc(-c2nc3ccccc3[nH]2)cc1Cl. The molecule has 3 rings (SSSR count). The van der Waals surface area contributed by atoms with E-state index in [2.05, 4.69) is 9.97 Å². The van der Waals surface area contributed by atoms with E-state index in [-0.39, 0.29) is 6.61 Å². The van der Waals surface area contributed by atoms with Gasteiger partial charge < -0.3 is 15.5 Å². The number of imidazole rings is 1. The number of hydrogen-bond acceptors (Lipinski definition) is 3. The number of carbonyl (C=O) groups excluding carboxylic acids is 1. The van der Waals surface area contributed by atoms with Crippen molar-refractivity contribution in [3.63, 3.8) is 0 Å². The van der Waals surface area contributed by atoms with Crippen molar-refractivity contribution in [2.45, 2.75) is 0 Å². The molecule has 0 saturated heterocycles. The minimum atomic E-state index is -0.549. The second-order valence-corrected chi connectivity index (χ2v) is 4.91. The number of aromatic nitrogens is 2. The van der Waals surface area contributed by atoms with E-state index in [1.165, 1.54) is 0 Å². The van der Waals surface area contributed by atoms with Gasteiger partial charge in [-0.2, -0.15) is 0 Å². The van der Waals surface area contributed by atoms with Gasteiger partial charge in [-0.1, -0.05) is 23.7 Å². The Bertz CT molecular complexity index is 781. The smallest absolute Gasteiger partial charge is 0.255 e. The lowest BCUT2D eigenvalue weighted by Gasteiger charge is -2.07. The van der Waals surface area contributed by atoms with E-state index in [1.54, 1.807) is 12.1 Å². The molecule has 0 spiro atoms. The topological polar surface area (TPSA) is 81.0 Å². The van der Waals surface area contributed by atoms with Crippen molar-refractivity contribution in [1.29, 1.82) is 0 Å². The number of ether oxygens (including phenoxy) is 1. The highest BCUT2D eigenvalue weighted by Gasteiger charge is 2.09. The molecule has 0 unspecified atom stereocenters. The van der Waals surface area contributed by atoms with Crippen LogP contribution in [0.1, 0.15) is 0 Å². The van der Waals surface area contributed by atoms with Crippen LogP contribution in [0.5, 0.6) is 5.75 Å². The van der Waals surface area contributed by atoms with Gasteiger partial charge in [-0.3, -0.25) is 4.79 Å². The van der Waals surface area contributed by atoms with Gasteiger partial charge >= 0.3 is 0 Å². The molecule has 0 saturated carbocycles. The third-order valence-corrected chi connectivity index (χ3v) is 3.26. The number of amides is 1. The zero-order chi connectivity index (χ0) is 14.8. The molecule has 0 radical (unpaired) electrons. The maximum Gasteiger partial charge on any atom is 0.255 e. The molecular formula is C15H12ClN3O2. The molecule has 0 aliphatic carbocycles. The number of rotatable bonds is 4. The van der Waals surface area contributed by atoms with Gasteiger partial charge in [0.25, 0.3) is 5.91 Å². The van der Waals surface area contributed by atoms with Crippen LogP contribution in [-0.4, -0.2) is 22.5 Å². The standard InChI is InChI=1S/C15H12ClN3O2/c16-10-7-9(5-6-13(10)21-8-14(17)20)15-18-11-3-1-2-4-12(11)19-15/h1-7H,8H2,(H2,17,20)(H,18,19). The number of benzene rings is 2. The van der Waals surface area contributed by atoms with Gasteiger partial charge in [-0.15, -0.1) is 0 Å². The van der Waals surface area contributed by atoms with E-state index in [4.69, 9.17) is 22.1 Å². The van der Waals surface area contributed by atoms with Crippen molar-refractivity contribution < 1.29 is 9.53 Å². The molecule has 5 nitrogen and oxygen atoms in total. The van der Waals surface area contributed by atoms with Crippen LogP contribution in [0.25, 0.3) is 22.4 Å². The lowest BCUT2D eigenvalue weighted by Crippen LogP contribution is -2.20. The first kappa shape index (κ1) is 13.5. The lowest BCUT2D eigenvalue weighted by atomic mass is 10.2. The monoisotopic (exact) mass is 301 g/mol. The highest BCUT2D eigenvalue weighted by Crippen LogP contribution is 2.30. The highest BCUT2D eigenvalue weighted by atomic mass is 35.5. The average Bonchev–Trinajstić information content (AvgIpc) is 2.89. The van der Waals surface area contributed by atoms with E-state index in [0.717, 1.165) is 22.4 Å². The highest BCUT2D eigenvalue weighted by molar-refractivity contribution is 6.32. The van der Waals surface area contributed by atoms with Gasteiger partial charge in [-0.25, -0.2) is 4.98 Å². The van der Waals surface area contributed by atoms with Crippen LogP contribution in [0, 0.1) is 0 Å². The second-order valence-electron chi connectivity index (χ2n) is 4.50. The fraction of sp³-hybridized carbons (Fsp3) is 0.0667. The molecule has 6 heteroatoms. The molecule has 1 heterocycles. The third-order valence-electron chi connectivity index (χ3n) is 2.96. The van der Waals surface area contributed by atoms with Crippen molar-refractivity contribution in [3.8, 4) is 17.1 Å². The van der Waals surface area contributed by atoms with Crippen molar-refractivity contribution in [2.75, 3.05) is 6.61 Å². The minimum Gasteiger partial charge on any atom is -0.482 e. The largest absolute Gasteiger partial charge is 0.482 e. The number of para-hydroxylation sites is 2. The van der Waals surface area contributed by atoms with Crippen molar-refractivity contribution >= 4 is 28.5 Å². The summed E-state index contributed by atoms with van der Waals surface area (Å²) in [6.45, 7) is -0.205. The minimum absolute atomic E-state index is 0.205. The van der Waals surface area contributed by atoms with E-state index >= 15 is 0 Å². The number of primary amides is 1. The average molecular weight is 302 g/mol. The lowest BCUT2D eigenvalue weighted by molar-refractivity contribution is -0.119. The fourth-order valence-corrected chi connectivity index (χ4v) is 2.24. The Labute approximate surface area is 125 Å². The van der Waals surface area contributed by atoms with Crippen molar-refractivity contribution in [3.05, 3.63) is 47.5 Å². The predicted molar refractivity (Wildman–Crippen MR) is 81.2 cm³/mol. The van der Waals surface area contributed by atoms with Gasteiger partial charge in [0.2, 0.25) is 0 Å². The van der Waals surface area contributed by atoms with Gasteiger partial charge in [0, 0.05) is 5.56 Å². The summed E-state index contributed by atoms with van der Waals surface area (Å²) in [6, 6.07) is 13.0. The Balaban J connectivity index is 1.92. The normalized spacial score (nSPS) is 10.7. The van der Waals surface area contributed by atoms with Crippen LogP contribution in [0.4, 0.5) is 0 Å². The Morgan fingerprint density at radius 3 is 2.81 bits per heavy atom. The zero-order valence-electron chi connectivity index (χ0n) is 11.0. The van der Waals surface area contributed by atoms with E-state index in [0.29, 0.717) is 10.8 Å². The number of fused-ring (bicyclic) bond motifs is 1. The quantitative estimate of drug-likeness (QED) is 0.777. The Hall–Kier alpha value is -2.53. The van der Waals surface area contributed by atoms with E-state index in [1.807, 2.05) is 30.3 Å². The molecule has 1 aromatic heterocycles. The number of hydrogen-bond donors (Lipinski definition) is 2. The first-order valence-electron chi connectivity index (χ1n) is 6.29. The second kappa shape index (κ2) is 5.46. The maximum absolute atomic E-state index is 10.7. The Morgan fingerprint density at radius 1 is 1.29 bits per heavy atom. The van der Waals surface area contributed by atoms with E-state index in [9.17, 15) is 4.79 Å². The molecule has 1 amide bonds. The molecule has 0 atom stereocenters. The van der Waals surface area contributed by atoms with Crippen molar-refractivity contribution in [2.24, 2.45) is 5.73 Å². The Morgan fingerprint density at radius 2 is 2.10 bits per heavy atom. The van der Waals surface area contributed by atoms with Crippen LogP contribution < -0.4 is 10.5 Å². The van der Waals surface area contributed by atoms with Crippen LogP contribution >= 0.6 is 11.6 Å². The summed E-state index contributed by atoms with van der Waals surface area (Å²) >= 11 is 6.14. The van der Waals surface area contributed by atoms with Gasteiger partial charge in [0.05, 0.1) is 16.1 Å². The summed E-state index contributed by atoms with van der Waals surface area (Å²) in [7, 11) is 0. The van der Waals surface area contributed by atoms with Gasteiger partial charge in [0.1, 0.15) is 11.6 Å². The zero-order valence-corrected chi connectivity index (χ0v) is 11.7. The van der Waals surface area contributed by atoms with Crippen LogP contribution in [0.2, 0.25) is 5.02 Å². The summed E-state index contributed by atoms with van der Waals surface area (Å²) in [5.74, 6) is 0.585. The van der Waals surface area contributed by atoms with E-state index < -0.39 is 5.91 Å². The summed E-state index contributed by atoms with van der Waals surface area (Å²) in [4.78, 5) is 18.4. The van der Waals surface area contributed by atoms with Gasteiger partial charge in [0.15, 0.2) is 6.61 Å². The molecule has 0 aliphatic heterocycles. The summed E-state index contributed by atoms with van der Waals surface area (Å²) in [5.41, 5.74) is 7.71. The molecule has 2 aromatic carbocycles. The van der Waals surface area contributed by atoms with Gasteiger partial charge in [-0.05, 0) is 30.3 Å². The van der Waals surface area contributed by atoms with Crippen LogP contribution in [0.15, 0.2) is 42.5 Å². The summed E-state index contributed by atoms with van der Waals surface area (Å²) in [5, 5.41) is 0.397. The molecule has 3 aromatic rings. The molecule has 21 heavy (non-hydrogen) atoms. The predicted octanol–water partition coefficient (Wildman–Crippen LogP) is 2.75. The first-order valence-corrected chi connectivity index (χ1v) is 6.67. The molecular weight excluding hydrogens is 290 g/mol. The molecule has 0 fully saturated rings. The number of H-pyrrole nitrogens is 1. The number of aromatic amines is 1. The van der Waals surface area contributed by atoms with Crippen molar-refractivity contribution in [1.82, 2.24) is 9.97 Å². The molecule has 3 N–H and O–H groups in total.